The van der Waals surface area contributed by atoms with Crippen LogP contribution in [0.25, 0.3) is 16.9 Å². The lowest BCUT2D eigenvalue weighted by atomic mass is 10.1. The fourth-order valence-electron chi connectivity index (χ4n) is 2.64. The molecule has 2 aromatic heterocycles. The van der Waals surface area contributed by atoms with E-state index in [4.69, 9.17) is 27.7 Å². The first-order valence-corrected chi connectivity index (χ1v) is 7.98. The van der Waals surface area contributed by atoms with Gasteiger partial charge in [-0.05, 0) is 55.8 Å². The van der Waals surface area contributed by atoms with Crippen LogP contribution in [0.1, 0.15) is 18.2 Å². The van der Waals surface area contributed by atoms with Gasteiger partial charge in [-0.15, -0.1) is 0 Å². The summed E-state index contributed by atoms with van der Waals surface area (Å²) in [7, 11) is 0. The summed E-state index contributed by atoms with van der Waals surface area (Å²) in [6, 6.07) is 12.1. The summed E-state index contributed by atoms with van der Waals surface area (Å²) in [5, 5.41) is 0. The molecule has 0 spiro atoms. The zero-order valence-corrected chi connectivity index (χ0v) is 14.1. The number of nitrogens with zero attached hydrogens (tertiary/aromatic N) is 2. The number of pyridine rings is 1. The van der Waals surface area contributed by atoms with E-state index in [1.54, 1.807) is 0 Å². The molecular weight excluding hydrogens is 306 g/mol. The van der Waals surface area contributed by atoms with Crippen molar-refractivity contribution in [3.8, 4) is 17.0 Å². The summed E-state index contributed by atoms with van der Waals surface area (Å²) in [6.45, 7) is 4.68. The number of rotatable bonds is 5. The number of nitrogens with two attached hydrogens (primary N) is 1. The van der Waals surface area contributed by atoms with Gasteiger partial charge >= 0.3 is 0 Å². The Kier molecular flexibility index (Phi) is 4.30. The zero-order valence-electron chi connectivity index (χ0n) is 13.2. The molecule has 3 aromatic rings. The molecule has 2 N–H and O–H groups in total. The van der Waals surface area contributed by atoms with E-state index in [2.05, 4.69) is 23.5 Å². The van der Waals surface area contributed by atoms with Gasteiger partial charge in [0.1, 0.15) is 11.4 Å². The topological polar surface area (TPSA) is 52.5 Å². The normalized spacial score (nSPS) is 10.9. The summed E-state index contributed by atoms with van der Waals surface area (Å²) >= 11 is 5.11. The number of ether oxygens (including phenoxy) is 1. The second kappa shape index (κ2) is 6.38. The maximum Gasteiger partial charge on any atom is 0.137 e. The van der Waals surface area contributed by atoms with Gasteiger partial charge in [0.25, 0.3) is 0 Å². The van der Waals surface area contributed by atoms with E-state index in [9.17, 15) is 0 Å². The average Bonchev–Trinajstić information content (AvgIpc) is 2.85. The second-order valence-electron chi connectivity index (χ2n) is 5.44. The minimum Gasteiger partial charge on any atom is -0.494 e. The van der Waals surface area contributed by atoms with E-state index in [0.717, 1.165) is 28.3 Å². The third kappa shape index (κ3) is 3.19. The molecular formula is C18H19N3OS. The van der Waals surface area contributed by atoms with Crippen molar-refractivity contribution in [3.63, 3.8) is 0 Å². The first-order chi connectivity index (χ1) is 11.1. The van der Waals surface area contributed by atoms with Crippen LogP contribution in [0.3, 0.4) is 0 Å². The molecule has 0 saturated heterocycles. The lowest BCUT2D eigenvalue weighted by molar-refractivity contribution is 0.340. The van der Waals surface area contributed by atoms with Gasteiger partial charge in [0.15, 0.2) is 0 Å². The number of aromatic nitrogens is 2. The van der Waals surface area contributed by atoms with Crippen molar-refractivity contribution in [1.82, 2.24) is 9.38 Å². The van der Waals surface area contributed by atoms with Crippen LogP contribution in [0, 0.1) is 6.92 Å². The Balaban J connectivity index is 2.12. The van der Waals surface area contributed by atoms with Gasteiger partial charge in [-0.3, -0.25) is 0 Å². The van der Waals surface area contributed by atoms with Gasteiger partial charge in [0.05, 0.1) is 23.0 Å². The van der Waals surface area contributed by atoms with Crippen molar-refractivity contribution in [2.45, 2.75) is 20.3 Å². The van der Waals surface area contributed by atoms with Crippen molar-refractivity contribution in [3.05, 3.63) is 53.9 Å². The van der Waals surface area contributed by atoms with Crippen LogP contribution in [0.4, 0.5) is 0 Å². The summed E-state index contributed by atoms with van der Waals surface area (Å²) in [5.74, 6) is 0.853. The molecule has 1 aromatic carbocycles. The number of thiocarbonyl (C=S) groups is 1. The van der Waals surface area contributed by atoms with E-state index in [1.807, 2.05) is 37.4 Å². The highest BCUT2D eigenvalue weighted by molar-refractivity contribution is 7.80. The minimum absolute atomic E-state index is 0.458. The third-order valence-electron chi connectivity index (χ3n) is 3.66. The molecule has 0 radical (unpaired) electrons. The number of fused-ring (bicyclic) bond motifs is 1. The molecule has 0 bridgehead atoms. The second-order valence-corrected chi connectivity index (χ2v) is 5.96. The predicted molar refractivity (Wildman–Crippen MR) is 97.0 cm³/mol. The van der Waals surface area contributed by atoms with E-state index >= 15 is 0 Å². The Morgan fingerprint density at radius 1 is 1.26 bits per heavy atom. The van der Waals surface area contributed by atoms with E-state index < -0.39 is 0 Å². The van der Waals surface area contributed by atoms with Crippen molar-refractivity contribution in [1.29, 1.82) is 0 Å². The summed E-state index contributed by atoms with van der Waals surface area (Å²) in [6.07, 6.45) is 2.53. The van der Waals surface area contributed by atoms with Gasteiger partial charge in [-0.1, -0.05) is 12.2 Å². The quantitative estimate of drug-likeness (QED) is 0.729. The first kappa shape index (κ1) is 15.5. The van der Waals surface area contributed by atoms with E-state index in [1.165, 1.54) is 5.56 Å². The summed E-state index contributed by atoms with van der Waals surface area (Å²) in [4.78, 5) is 5.24. The summed E-state index contributed by atoms with van der Waals surface area (Å²) < 4.78 is 7.55. The van der Waals surface area contributed by atoms with Crippen LogP contribution in [0.5, 0.6) is 5.75 Å². The van der Waals surface area contributed by atoms with Crippen LogP contribution >= 0.6 is 12.2 Å². The largest absolute Gasteiger partial charge is 0.494 e. The minimum atomic E-state index is 0.458. The highest BCUT2D eigenvalue weighted by Crippen LogP contribution is 2.27. The predicted octanol–water partition coefficient (Wildman–Crippen LogP) is 3.54. The molecule has 0 fully saturated rings. The van der Waals surface area contributed by atoms with Gasteiger partial charge in [-0.2, -0.15) is 0 Å². The monoisotopic (exact) mass is 325 g/mol. The maximum atomic E-state index is 5.79. The standard InChI is InChI=1S/C18H19N3OS/c1-3-22-14-6-4-13(5-7-14)18-15(11-16(19)23)21-9-8-12(2)10-17(21)20-18/h4-10H,3,11H2,1-2H3,(H2,19,23). The Hall–Kier alpha value is -2.40. The molecule has 0 aliphatic rings. The molecule has 0 aliphatic heterocycles. The Morgan fingerprint density at radius 2 is 2.00 bits per heavy atom. The molecule has 0 saturated carbocycles. The van der Waals surface area contributed by atoms with Crippen LogP contribution in [-0.2, 0) is 6.42 Å². The Morgan fingerprint density at radius 3 is 2.65 bits per heavy atom. The van der Waals surface area contributed by atoms with E-state index in [0.29, 0.717) is 18.0 Å². The van der Waals surface area contributed by atoms with Crippen LogP contribution < -0.4 is 10.5 Å². The van der Waals surface area contributed by atoms with Gasteiger partial charge in [-0.25, -0.2) is 4.98 Å². The van der Waals surface area contributed by atoms with Gasteiger partial charge in [0, 0.05) is 18.2 Å². The molecule has 3 rings (SSSR count). The van der Waals surface area contributed by atoms with Crippen molar-refractivity contribution < 1.29 is 4.74 Å². The first-order valence-electron chi connectivity index (χ1n) is 7.57. The Bertz CT molecular complexity index is 853. The number of imidazole rings is 1. The molecule has 4 nitrogen and oxygen atoms in total. The number of aryl methyl sites for hydroxylation is 1. The number of benzene rings is 1. The molecule has 0 amide bonds. The molecule has 5 heteroatoms. The molecule has 118 valence electrons. The van der Waals surface area contributed by atoms with Crippen molar-refractivity contribution in [2.75, 3.05) is 6.61 Å². The number of hydrogen-bond acceptors (Lipinski definition) is 3. The van der Waals surface area contributed by atoms with Crippen LogP contribution in [0.15, 0.2) is 42.6 Å². The Labute approximate surface area is 140 Å². The SMILES string of the molecule is CCOc1ccc(-c2nc3cc(C)ccn3c2CC(N)=S)cc1. The van der Waals surface area contributed by atoms with Gasteiger partial charge < -0.3 is 14.9 Å². The number of hydrogen-bond donors (Lipinski definition) is 1. The zero-order chi connectivity index (χ0) is 16.4. The fourth-order valence-corrected chi connectivity index (χ4v) is 2.77. The smallest absolute Gasteiger partial charge is 0.137 e. The van der Waals surface area contributed by atoms with Crippen molar-refractivity contribution in [2.24, 2.45) is 5.73 Å². The molecule has 0 aliphatic carbocycles. The molecule has 2 heterocycles. The fraction of sp³-hybridized carbons (Fsp3) is 0.222. The highest BCUT2D eigenvalue weighted by atomic mass is 32.1. The average molecular weight is 325 g/mol. The summed E-state index contributed by atoms with van der Waals surface area (Å²) in [5.41, 5.74) is 10.8. The van der Waals surface area contributed by atoms with Crippen molar-refractivity contribution >= 4 is 22.9 Å². The molecule has 0 atom stereocenters. The van der Waals surface area contributed by atoms with Crippen LogP contribution in [0.2, 0.25) is 0 Å². The van der Waals surface area contributed by atoms with E-state index in [-0.39, 0.29) is 0 Å². The molecule has 0 unspecified atom stereocenters. The lowest BCUT2D eigenvalue weighted by Crippen LogP contribution is -2.13. The van der Waals surface area contributed by atoms with Crippen LogP contribution in [-0.4, -0.2) is 21.0 Å². The third-order valence-corrected chi connectivity index (χ3v) is 3.81. The lowest BCUT2D eigenvalue weighted by Gasteiger charge is -2.06. The molecule has 23 heavy (non-hydrogen) atoms. The maximum absolute atomic E-state index is 5.79. The van der Waals surface area contributed by atoms with Gasteiger partial charge in [0.2, 0.25) is 0 Å². The highest BCUT2D eigenvalue weighted by Gasteiger charge is 2.15.